The van der Waals surface area contributed by atoms with Crippen molar-refractivity contribution in [2.24, 2.45) is 11.3 Å². The van der Waals surface area contributed by atoms with Crippen molar-refractivity contribution in [1.29, 1.82) is 0 Å². The lowest BCUT2D eigenvalue weighted by atomic mass is 9.67. The van der Waals surface area contributed by atoms with Gasteiger partial charge in [-0.2, -0.15) is 0 Å². The molecule has 2 aliphatic heterocycles. The van der Waals surface area contributed by atoms with Gasteiger partial charge in [-0.3, -0.25) is 9.59 Å². The van der Waals surface area contributed by atoms with Gasteiger partial charge < -0.3 is 30.0 Å². The molecule has 4 atom stereocenters. The molecule has 1 aliphatic carbocycles. The van der Waals surface area contributed by atoms with Gasteiger partial charge >= 0.3 is 11.9 Å². The van der Waals surface area contributed by atoms with Crippen LogP contribution in [-0.4, -0.2) is 60.9 Å². The van der Waals surface area contributed by atoms with Gasteiger partial charge in [0.1, 0.15) is 17.7 Å². The number of nitrogens with one attached hydrogen (secondary N) is 2. The maximum atomic E-state index is 14.3. The average molecular weight is 587 g/mol. The summed E-state index contributed by atoms with van der Waals surface area (Å²) in [5, 5.41) is 16.8. The third kappa shape index (κ3) is 7.57. The zero-order valence-corrected chi connectivity index (χ0v) is 25.7. The second kappa shape index (κ2) is 14.6. The standard InChI is InChI=1S/C33H50N2O7/c1-4-5-6-10-26(41-23(2)36)21-29(42-31(39)33-15-8-7-9-25(33)12-14-30(38)35-33)32(16-18-34-19-17-32)22-24-11-13-27(37)28(20-24)40-3/h11,13,20,25-26,29,34,37H,4-10,12,14-19,21-22H2,1-3H3,(H,35,38)/t25-,26-,29-,33-/m1/s1. The highest BCUT2D eigenvalue weighted by Gasteiger charge is 2.54. The molecule has 0 spiro atoms. The number of ether oxygens (including phenoxy) is 3. The Morgan fingerprint density at radius 3 is 2.60 bits per heavy atom. The van der Waals surface area contributed by atoms with E-state index < -0.39 is 17.1 Å². The number of piperidine rings is 2. The highest BCUT2D eigenvalue weighted by Crippen LogP contribution is 2.45. The summed E-state index contributed by atoms with van der Waals surface area (Å²) in [6.45, 7) is 5.10. The van der Waals surface area contributed by atoms with Gasteiger partial charge in [0, 0.05) is 25.2 Å². The van der Waals surface area contributed by atoms with Gasteiger partial charge in [-0.1, -0.05) is 38.7 Å². The number of aromatic hydroxyl groups is 1. The maximum Gasteiger partial charge on any atom is 0.332 e. The number of hydrogen-bond donors (Lipinski definition) is 3. The van der Waals surface area contributed by atoms with Crippen LogP contribution in [0, 0.1) is 11.3 Å². The lowest BCUT2D eigenvalue weighted by molar-refractivity contribution is -0.178. The second-order valence-corrected chi connectivity index (χ2v) is 12.7. The summed E-state index contributed by atoms with van der Waals surface area (Å²) in [6.07, 6.45) is 9.84. The number of rotatable bonds is 13. The minimum Gasteiger partial charge on any atom is -0.504 e. The molecule has 1 amide bonds. The van der Waals surface area contributed by atoms with Gasteiger partial charge in [0.15, 0.2) is 11.5 Å². The summed E-state index contributed by atoms with van der Waals surface area (Å²) in [5.41, 5.74) is -0.464. The van der Waals surface area contributed by atoms with E-state index >= 15 is 0 Å². The van der Waals surface area contributed by atoms with Crippen LogP contribution in [0.25, 0.3) is 0 Å². The van der Waals surface area contributed by atoms with E-state index in [0.717, 1.165) is 70.0 Å². The molecule has 234 valence electrons. The summed E-state index contributed by atoms with van der Waals surface area (Å²) in [4.78, 5) is 39.2. The molecule has 2 saturated heterocycles. The lowest BCUT2D eigenvalue weighted by Gasteiger charge is -2.49. The van der Waals surface area contributed by atoms with Crippen molar-refractivity contribution >= 4 is 17.8 Å². The molecule has 3 aliphatic rings. The lowest BCUT2D eigenvalue weighted by Crippen LogP contribution is -2.65. The summed E-state index contributed by atoms with van der Waals surface area (Å²) in [7, 11) is 1.53. The van der Waals surface area contributed by atoms with Crippen LogP contribution >= 0.6 is 0 Å². The Kier molecular flexibility index (Phi) is 11.1. The van der Waals surface area contributed by atoms with Crippen LogP contribution in [-0.2, 0) is 30.3 Å². The first-order chi connectivity index (χ1) is 20.2. The number of benzene rings is 1. The molecule has 1 aromatic rings. The van der Waals surface area contributed by atoms with Crippen molar-refractivity contribution in [3.05, 3.63) is 23.8 Å². The van der Waals surface area contributed by atoms with Crippen molar-refractivity contribution in [2.75, 3.05) is 20.2 Å². The van der Waals surface area contributed by atoms with Gasteiger partial charge in [0.05, 0.1) is 7.11 Å². The zero-order chi connectivity index (χ0) is 30.2. The maximum absolute atomic E-state index is 14.3. The first-order valence-electron chi connectivity index (χ1n) is 16.0. The van der Waals surface area contributed by atoms with E-state index in [1.807, 2.05) is 12.1 Å². The Hall–Kier alpha value is -2.81. The van der Waals surface area contributed by atoms with Crippen LogP contribution in [0.15, 0.2) is 18.2 Å². The van der Waals surface area contributed by atoms with Gasteiger partial charge in [-0.15, -0.1) is 0 Å². The molecule has 1 aromatic carbocycles. The third-order valence-corrected chi connectivity index (χ3v) is 9.79. The first-order valence-corrected chi connectivity index (χ1v) is 16.0. The van der Waals surface area contributed by atoms with E-state index in [9.17, 15) is 19.5 Å². The van der Waals surface area contributed by atoms with E-state index in [-0.39, 0.29) is 35.6 Å². The Morgan fingerprint density at radius 2 is 1.88 bits per heavy atom. The number of amides is 1. The largest absolute Gasteiger partial charge is 0.504 e. The van der Waals surface area contributed by atoms with Gasteiger partial charge in [0.25, 0.3) is 0 Å². The Balaban J connectivity index is 1.70. The van der Waals surface area contributed by atoms with Gasteiger partial charge in [0.2, 0.25) is 5.91 Å². The fourth-order valence-corrected chi connectivity index (χ4v) is 7.49. The molecule has 3 fully saturated rings. The van der Waals surface area contributed by atoms with Crippen molar-refractivity contribution in [3.8, 4) is 11.5 Å². The number of carbonyl (C=O) groups excluding carboxylic acids is 3. The topological polar surface area (TPSA) is 123 Å². The van der Waals surface area contributed by atoms with Gasteiger partial charge in [-0.05, 0) is 88.1 Å². The highest BCUT2D eigenvalue weighted by molar-refractivity contribution is 5.90. The normalized spacial score (nSPS) is 24.9. The Labute approximate surface area is 250 Å². The fraction of sp³-hybridized carbons (Fsp3) is 0.727. The van der Waals surface area contributed by atoms with Gasteiger partial charge in [-0.25, -0.2) is 4.79 Å². The fourth-order valence-electron chi connectivity index (χ4n) is 7.49. The number of unbranched alkanes of at least 4 members (excludes halogenated alkanes) is 2. The van der Waals surface area contributed by atoms with Crippen LogP contribution in [0.1, 0.15) is 103 Å². The SMILES string of the molecule is CCCCC[C@H](C[C@@H](OC(=O)[C@@]12CCCC[C@@H]1CCC(=O)N2)C1(Cc2ccc(O)c(OC)c2)CCNCC1)OC(C)=O. The minimum atomic E-state index is -0.999. The van der Waals surface area contributed by atoms with Crippen LogP contribution in [0.5, 0.6) is 11.5 Å². The van der Waals surface area contributed by atoms with Crippen molar-refractivity contribution in [2.45, 2.75) is 121 Å². The Morgan fingerprint density at radius 1 is 1.10 bits per heavy atom. The number of hydrogen-bond acceptors (Lipinski definition) is 8. The van der Waals surface area contributed by atoms with Crippen LogP contribution in [0.3, 0.4) is 0 Å². The molecular weight excluding hydrogens is 536 g/mol. The molecule has 0 aromatic heterocycles. The van der Waals surface area contributed by atoms with Crippen molar-refractivity contribution < 1.29 is 33.7 Å². The average Bonchev–Trinajstić information content (AvgIpc) is 2.97. The molecule has 1 saturated carbocycles. The highest BCUT2D eigenvalue weighted by atomic mass is 16.6. The van der Waals surface area contributed by atoms with E-state index in [0.29, 0.717) is 44.3 Å². The molecule has 0 radical (unpaired) electrons. The third-order valence-electron chi connectivity index (χ3n) is 9.79. The molecule has 0 unspecified atom stereocenters. The predicted octanol–water partition coefficient (Wildman–Crippen LogP) is 4.97. The van der Waals surface area contributed by atoms with E-state index in [1.165, 1.54) is 14.0 Å². The van der Waals surface area contributed by atoms with Crippen LogP contribution in [0.2, 0.25) is 0 Å². The Bertz CT molecular complexity index is 1090. The van der Waals surface area contributed by atoms with Crippen LogP contribution in [0.4, 0.5) is 0 Å². The molecule has 4 rings (SSSR count). The molecule has 3 N–H and O–H groups in total. The number of esters is 2. The second-order valence-electron chi connectivity index (χ2n) is 12.7. The monoisotopic (exact) mass is 586 g/mol. The molecule has 42 heavy (non-hydrogen) atoms. The quantitative estimate of drug-likeness (QED) is 0.219. The number of fused-ring (bicyclic) bond motifs is 1. The molecule has 9 nitrogen and oxygen atoms in total. The molecular formula is C33H50N2O7. The van der Waals surface area contributed by atoms with E-state index in [1.54, 1.807) is 6.07 Å². The number of phenols is 1. The number of methoxy groups -OCH3 is 1. The summed E-state index contributed by atoms with van der Waals surface area (Å²) in [5.74, 6) is -0.236. The molecule has 9 heteroatoms. The molecule has 2 heterocycles. The summed E-state index contributed by atoms with van der Waals surface area (Å²) < 4.78 is 17.9. The predicted molar refractivity (Wildman–Crippen MR) is 159 cm³/mol. The summed E-state index contributed by atoms with van der Waals surface area (Å²) in [6, 6.07) is 5.38. The number of phenolic OH excluding ortho intramolecular Hbond substituents is 1. The smallest absolute Gasteiger partial charge is 0.332 e. The van der Waals surface area contributed by atoms with Crippen LogP contribution < -0.4 is 15.4 Å². The van der Waals surface area contributed by atoms with E-state index in [4.69, 9.17) is 14.2 Å². The summed E-state index contributed by atoms with van der Waals surface area (Å²) >= 11 is 0. The zero-order valence-electron chi connectivity index (χ0n) is 25.7. The van der Waals surface area contributed by atoms with Crippen molar-refractivity contribution in [3.63, 3.8) is 0 Å². The number of carbonyl (C=O) groups is 3. The minimum absolute atomic E-state index is 0.0660. The first kappa shape index (κ1) is 32.1. The molecule has 0 bridgehead atoms. The van der Waals surface area contributed by atoms with E-state index in [2.05, 4.69) is 17.6 Å². The van der Waals surface area contributed by atoms with Crippen molar-refractivity contribution in [1.82, 2.24) is 10.6 Å².